The third kappa shape index (κ3) is 5.41. The molecule has 1 saturated heterocycles. The predicted octanol–water partition coefficient (Wildman–Crippen LogP) is 0.878. The fourth-order valence-electron chi connectivity index (χ4n) is 1.62. The van der Waals surface area contributed by atoms with Gasteiger partial charge in [-0.2, -0.15) is 0 Å². The number of hydrogen-bond acceptors (Lipinski definition) is 4. The molecule has 0 aliphatic carbocycles. The number of thioether (sulfide) groups is 1. The van der Waals surface area contributed by atoms with Gasteiger partial charge >= 0.3 is 5.97 Å². The van der Waals surface area contributed by atoms with E-state index in [0.717, 1.165) is 19.4 Å². The SMILES string of the molecule is CCC(SCC(=O)NCC1CCCO1)C(=O)O. The highest BCUT2D eigenvalue weighted by Gasteiger charge is 2.19. The van der Waals surface area contributed by atoms with Gasteiger partial charge in [-0.25, -0.2) is 0 Å². The van der Waals surface area contributed by atoms with Crippen LogP contribution in [0.4, 0.5) is 0 Å². The van der Waals surface area contributed by atoms with E-state index in [1.165, 1.54) is 11.8 Å². The van der Waals surface area contributed by atoms with Crippen LogP contribution in [0, 0.1) is 0 Å². The maximum Gasteiger partial charge on any atom is 0.316 e. The van der Waals surface area contributed by atoms with Crippen LogP contribution < -0.4 is 5.32 Å². The minimum absolute atomic E-state index is 0.120. The van der Waals surface area contributed by atoms with Crippen LogP contribution in [0.2, 0.25) is 0 Å². The summed E-state index contributed by atoms with van der Waals surface area (Å²) in [4.78, 5) is 22.2. The standard InChI is InChI=1S/C11H19NO4S/c1-2-9(11(14)15)17-7-10(13)12-6-8-4-3-5-16-8/h8-9H,2-7H2,1H3,(H,12,13)(H,14,15). The first kappa shape index (κ1) is 14.3. The lowest BCUT2D eigenvalue weighted by atomic mass is 10.2. The number of amides is 1. The van der Waals surface area contributed by atoms with E-state index in [1.807, 2.05) is 0 Å². The minimum atomic E-state index is -0.857. The third-order valence-corrected chi connectivity index (χ3v) is 3.98. The number of carboxylic acid groups (broad SMARTS) is 1. The molecule has 2 atom stereocenters. The summed E-state index contributed by atoms with van der Waals surface area (Å²) < 4.78 is 5.37. The second-order valence-electron chi connectivity index (χ2n) is 3.99. The van der Waals surface area contributed by atoms with Crippen molar-refractivity contribution < 1.29 is 19.4 Å². The van der Waals surface area contributed by atoms with Crippen molar-refractivity contribution in [1.82, 2.24) is 5.32 Å². The van der Waals surface area contributed by atoms with Crippen molar-refractivity contribution in [2.24, 2.45) is 0 Å². The number of carboxylic acids is 1. The van der Waals surface area contributed by atoms with Crippen LogP contribution in [0.3, 0.4) is 0 Å². The van der Waals surface area contributed by atoms with E-state index < -0.39 is 11.2 Å². The molecule has 2 N–H and O–H groups in total. The molecule has 98 valence electrons. The largest absolute Gasteiger partial charge is 0.480 e. The fourth-order valence-corrected chi connectivity index (χ4v) is 2.46. The first-order valence-corrected chi connectivity index (χ1v) is 6.91. The van der Waals surface area contributed by atoms with Gasteiger partial charge in [-0.1, -0.05) is 6.92 Å². The molecule has 6 heteroatoms. The number of carbonyl (C=O) groups is 2. The second-order valence-corrected chi connectivity index (χ2v) is 5.18. The Balaban J connectivity index is 2.13. The van der Waals surface area contributed by atoms with E-state index in [0.29, 0.717) is 13.0 Å². The van der Waals surface area contributed by atoms with Gasteiger partial charge in [-0.15, -0.1) is 11.8 Å². The number of hydrogen-bond donors (Lipinski definition) is 2. The first-order valence-electron chi connectivity index (χ1n) is 5.86. The summed E-state index contributed by atoms with van der Waals surface area (Å²) in [6, 6.07) is 0. The quantitative estimate of drug-likeness (QED) is 0.711. The van der Waals surface area contributed by atoms with Gasteiger partial charge in [0.15, 0.2) is 0 Å². The highest BCUT2D eigenvalue weighted by molar-refractivity contribution is 8.01. The van der Waals surface area contributed by atoms with Crippen molar-refractivity contribution >= 4 is 23.6 Å². The third-order valence-electron chi connectivity index (χ3n) is 2.61. The molecule has 1 amide bonds. The molecule has 0 radical (unpaired) electrons. The number of rotatable bonds is 7. The molecule has 1 heterocycles. The van der Waals surface area contributed by atoms with Crippen LogP contribution in [0.5, 0.6) is 0 Å². The van der Waals surface area contributed by atoms with Gasteiger partial charge in [0.05, 0.1) is 11.9 Å². The maximum atomic E-state index is 11.5. The predicted molar refractivity (Wildman–Crippen MR) is 66.2 cm³/mol. The van der Waals surface area contributed by atoms with E-state index in [4.69, 9.17) is 9.84 Å². The number of carbonyl (C=O) groups excluding carboxylic acids is 1. The molecule has 0 bridgehead atoms. The molecular weight excluding hydrogens is 242 g/mol. The fraction of sp³-hybridized carbons (Fsp3) is 0.818. The molecule has 5 nitrogen and oxygen atoms in total. The smallest absolute Gasteiger partial charge is 0.316 e. The Kier molecular flexibility index (Phi) is 6.36. The van der Waals surface area contributed by atoms with Gasteiger partial charge in [0.1, 0.15) is 5.25 Å². The zero-order valence-corrected chi connectivity index (χ0v) is 10.8. The molecule has 0 spiro atoms. The lowest BCUT2D eigenvalue weighted by Crippen LogP contribution is -2.33. The molecular formula is C11H19NO4S. The molecule has 2 unspecified atom stereocenters. The van der Waals surface area contributed by atoms with Crippen LogP contribution in [0.1, 0.15) is 26.2 Å². The van der Waals surface area contributed by atoms with E-state index >= 15 is 0 Å². The summed E-state index contributed by atoms with van der Waals surface area (Å²) in [6.07, 6.45) is 2.69. The summed E-state index contributed by atoms with van der Waals surface area (Å²) in [5, 5.41) is 11.1. The molecule has 0 aromatic rings. The summed E-state index contributed by atoms with van der Waals surface area (Å²) in [7, 11) is 0. The Morgan fingerprint density at radius 3 is 2.88 bits per heavy atom. The van der Waals surface area contributed by atoms with Crippen LogP contribution in [-0.2, 0) is 14.3 Å². The Labute approximate surface area is 105 Å². The monoisotopic (exact) mass is 261 g/mol. The molecule has 1 aliphatic heterocycles. The Hall–Kier alpha value is -0.750. The zero-order chi connectivity index (χ0) is 12.7. The van der Waals surface area contributed by atoms with Gasteiger partial charge in [-0.05, 0) is 19.3 Å². The van der Waals surface area contributed by atoms with Gasteiger partial charge < -0.3 is 15.2 Å². The van der Waals surface area contributed by atoms with Gasteiger partial charge in [-0.3, -0.25) is 9.59 Å². The van der Waals surface area contributed by atoms with E-state index in [1.54, 1.807) is 6.92 Å². The Morgan fingerprint density at radius 1 is 1.59 bits per heavy atom. The van der Waals surface area contributed by atoms with Crippen LogP contribution in [-0.4, -0.2) is 47.2 Å². The van der Waals surface area contributed by atoms with Crippen LogP contribution in [0.15, 0.2) is 0 Å². The van der Waals surface area contributed by atoms with Gasteiger partial charge in [0.25, 0.3) is 0 Å². The Morgan fingerprint density at radius 2 is 2.35 bits per heavy atom. The molecule has 1 aliphatic rings. The topological polar surface area (TPSA) is 75.6 Å². The maximum absolute atomic E-state index is 11.5. The highest BCUT2D eigenvalue weighted by atomic mass is 32.2. The Bertz CT molecular complexity index is 266. The lowest BCUT2D eigenvalue weighted by Gasteiger charge is -2.12. The van der Waals surface area contributed by atoms with Gasteiger partial charge in [0, 0.05) is 13.2 Å². The lowest BCUT2D eigenvalue weighted by molar-refractivity contribution is -0.136. The second kappa shape index (κ2) is 7.55. The molecule has 0 saturated carbocycles. The first-order chi connectivity index (χ1) is 8.13. The van der Waals surface area contributed by atoms with Crippen LogP contribution in [0.25, 0.3) is 0 Å². The molecule has 1 fully saturated rings. The minimum Gasteiger partial charge on any atom is -0.480 e. The average Bonchev–Trinajstić information content (AvgIpc) is 2.79. The summed E-state index contributed by atoms with van der Waals surface area (Å²) >= 11 is 1.17. The van der Waals surface area contributed by atoms with Crippen molar-refractivity contribution in [3.8, 4) is 0 Å². The number of ether oxygens (including phenoxy) is 1. The number of aliphatic carboxylic acids is 1. The number of nitrogens with one attached hydrogen (secondary N) is 1. The van der Waals surface area contributed by atoms with E-state index in [9.17, 15) is 9.59 Å². The van der Waals surface area contributed by atoms with Crippen molar-refractivity contribution in [3.05, 3.63) is 0 Å². The average molecular weight is 261 g/mol. The summed E-state index contributed by atoms with van der Waals surface area (Å²) in [5.41, 5.74) is 0. The van der Waals surface area contributed by atoms with E-state index in [2.05, 4.69) is 5.32 Å². The van der Waals surface area contributed by atoms with Crippen molar-refractivity contribution in [2.75, 3.05) is 18.9 Å². The molecule has 0 aromatic carbocycles. The highest BCUT2D eigenvalue weighted by Crippen LogP contribution is 2.14. The van der Waals surface area contributed by atoms with Crippen molar-refractivity contribution in [3.63, 3.8) is 0 Å². The summed E-state index contributed by atoms with van der Waals surface area (Å²) in [5.74, 6) is -0.785. The van der Waals surface area contributed by atoms with Crippen molar-refractivity contribution in [2.45, 2.75) is 37.5 Å². The normalized spacial score (nSPS) is 21.1. The molecule has 0 aromatic heterocycles. The molecule has 17 heavy (non-hydrogen) atoms. The molecule has 1 rings (SSSR count). The van der Waals surface area contributed by atoms with E-state index in [-0.39, 0.29) is 17.8 Å². The van der Waals surface area contributed by atoms with Gasteiger partial charge in [0.2, 0.25) is 5.91 Å². The van der Waals surface area contributed by atoms with Crippen molar-refractivity contribution in [1.29, 1.82) is 0 Å². The summed E-state index contributed by atoms with van der Waals surface area (Å²) in [6.45, 7) is 3.10. The van der Waals surface area contributed by atoms with Crippen LogP contribution >= 0.6 is 11.8 Å². The zero-order valence-electron chi connectivity index (χ0n) is 9.98.